The van der Waals surface area contributed by atoms with Crippen molar-refractivity contribution in [2.75, 3.05) is 18.0 Å². The number of nitrogens with zero attached hydrogens (tertiary/aromatic N) is 2. The Hall–Kier alpha value is -2.33. The molecular formula is C21H25N3O. The largest absolute Gasteiger partial charge is 0.337 e. The molecule has 2 heterocycles. The second-order valence-electron chi connectivity index (χ2n) is 7.15. The van der Waals surface area contributed by atoms with Crippen molar-refractivity contribution in [2.45, 2.75) is 38.0 Å². The number of carbonyl (C=O) groups is 1. The number of likely N-dealkylation sites (tertiary alicyclic amines) is 1. The third-order valence-corrected chi connectivity index (χ3v) is 5.58. The molecule has 2 aliphatic heterocycles. The van der Waals surface area contributed by atoms with Gasteiger partial charge < -0.3 is 10.2 Å². The van der Waals surface area contributed by atoms with Crippen LogP contribution in [0.4, 0.5) is 5.69 Å². The molecule has 2 aromatic rings. The number of anilines is 1. The molecule has 1 atom stereocenters. The quantitative estimate of drug-likeness (QED) is 0.937. The van der Waals surface area contributed by atoms with E-state index in [4.69, 9.17) is 0 Å². The van der Waals surface area contributed by atoms with Gasteiger partial charge in [0.1, 0.15) is 5.54 Å². The molecule has 130 valence electrons. The first-order valence-electron chi connectivity index (χ1n) is 9.11. The number of rotatable bonds is 3. The topological polar surface area (TPSA) is 35.6 Å². The molecule has 1 N–H and O–H groups in total. The summed E-state index contributed by atoms with van der Waals surface area (Å²) in [7, 11) is 0. The Morgan fingerprint density at radius 3 is 2.24 bits per heavy atom. The molecular weight excluding hydrogens is 310 g/mol. The SMILES string of the molecule is C[C@@H]1NC(=O)C2(CCN(Cc3ccccc3)CC2)N1c1ccccc1. The zero-order chi connectivity index (χ0) is 17.3. The molecule has 4 heteroatoms. The van der Waals surface area contributed by atoms with Gasteiger partial charge in [-0.15, -0.1) is 0 Å². The highest BCUT2D eigenvalue weighted by Gasteiger charge is 2.53. The van der Waals surface area contributed by atoms with Crippen LogP contribution >= 0.6 is 0 Å². The molecule has 0 bridgehead atoms. The van der Waals surface area contributed by atoms with Crippen molar-refractivity contribution in [3.8, 4) is 0 Å². The summed E-state index contributed by atoms with van der Waals surface area (Å²) < 4.78 is 0. The molecule has 4 rings (SSSR count). The van der Waals surface area contributed by atoms with Gasteiger partial charge in [-0.05, 0) is 37.5 Å². The molecule has 2 saturated heterocycles. The lowest BCUT2D eigenvalue weighted by Crippen LogP contribution is -2.57. The summed E-state index contributed by atoms with van der Waals surface area (Å²) in [5, 5.41) is 3.16. The van der Waals surface area contributed by atoms with Crippen LogP contribution in [0, 0.1) is 0 Å². The molecule has 2 aromatic carbocycles. The van der Waals surface area contributed by atoms with E-state index in [0.717, 1.165) is 38.2 Å². The Balaban J connectivity index is 1.52. The number of hydrogen-bond donors (Lipinski definition) is 1. The van der Waals surface area contributed by atoms with Gasteiger partial charge in [-0.3, -0.25) is 9.69 Å². The van der Waals surface area contributed by atoms with Crippen LogP contribution < -0.4 is 10.2 Å². The minimum Gasteiger partial charge on any atom is -0.337 e. The summed E-state index contributed by atoms with van der Waals surface area (Å²) in [5.41, 5.74) is 2.06. The minimum atomic E-state index is -0.409. The first-order valence-corrected chi connectivity index (χ1v) is 9.11. The van der Waals surface area contributed by atoms with Crippen LogP contribution in [0.5, 0.6) is 0 Å². The number of benzene rings is 2. The summed E-state index contributed by atoms with van der Waals surface area (Å²) in [6, 6.07) is 20.9. The predicted molar refractivity (Wildman–Crippen MR) is 100 cm³/mol. The number of nitrogens with one attached hydrogen (secondary N) is 1. The van der Waals surface area contributed by atoms with Crippen LogP contribution in [-0.4, -0.2) is 35.6 Å². The van der Waals surface area contributed by atoms with Crippen molar-refractivity contribution in [3.63, 3.8) is 0 Å². The van der Waals surface area contributed by atoms with Crippen LogP contribution in [0.2, 0.25) is 0 Å². The maximum absolute atomic E-state index is 12.8. The Morgan fingerprint density at radius 2 is 1.60 bits per heavy atom. The maximum Gasteiger partial charge on any atom is 0.247 e. The van der Waals surface area contributed by atoms with E-state index < -0.39 is 5.54 Å². The fourth-order valence-electron chi connectivity index (χ4n) is 4.32. The summed E-state index contributed by atoms with van der Waals surface area (Å²) in [6.07, 6.45) is 1.77. The maximum atomic E-state index is 12.8. The summed E-state index contributed by atoms with van der Waals surface area (Å²) in [6.45, 7) is 4.92. The molecule has 1 amide bonds. The second kappa shape index (κ2) is 6.52. The number of carbonyl (C=O) groups excluding carboxylic acids is 1. The third kappa shape index (κ3) is 2.91. The molecule has 4 nitrogen and oxygen atoms in total. The number of amides is 1. The minimum absolute atomic E-state index is 0.0376. The monoisotopic (exact) mass is 335 g/mol. The number of hydrogen-bond acceptors (Lipinski definition) is 3. The van der Waals surface area contributed by atoms with Gasteiger partial charge in [0.2, 0.25) is 5.91 Å². The van der Waals surface area contributed by atoms with Gasteiger partial charge in [0, 0.05) is 25.3 Å². The molecule has 0 aliphatic carbocycles. The van der Waals surface area contributed by atoms with E-state index >= 15 is 0 Å². The van der Waals surface area contributed by atoms with Crippen LogP contribution in [-0.2, 0) is 11.3 Å². The molecule has 0 saturated carbocycles. The van der Waals surface area contributed by atoms with E-state index in [1.54, 1.807) is 0 Å². The van der Waals surface area contributed by atoms with E-state index in [0.29, 0.717) is 0 Å². The number of piperidine rings is 1. The molecule has 1 spiro atoms. The summed E-state index contributed by atoms with van der Waals surface area (Å²) >= 11 is 0. The van der Waals surface area contributed by atoms with Crippen molar-refractivity contribution < 1.29 is 4.79 Å². The average molecular weight is 335 g/mol. The van der Waals surface area contributed by atoms with Crippen LogP contribution in [0.3, 0.4) is 0 Å². The standard InChI is InChI=1S/C21H25N3O/c1-17-22-20(25)21(24(17)19-10-6-3-7-11-19)12-14-23(15-13-21)16-18-8-4-2-5-9-18/h2-11,17H,12-16H2,1H3,(H,22,25)/t17-/m1/s1. The van der Waals surface area contributed by atoms with Crippen molar-refractivity contribution in [1.82, 2.24) is 10.2 Å². The first kappa shape index (κ1) is 16.2. The van der Waals surface area contributed by atoms with Crippen molar-refractivity contribution in [1.29, 1.82) is 0 Å². The molecule has 0 radical (unpaired) electrons. The van der Waals surface area contributed by atoms with E-state index in [2.05, 4.69) is 64.5 Å². The van der Waals surface area contributed by atoms with E-state index in [1.807, 2.05) is 18.2 Å². The van der Waals surface area contributed by atoms with Crippen molar-refractivity contribution >= 4 is 11.6 Å². The van der Waals surface area contributed by atoms with E-state index in [1.165, 1.54) is 5.56 Å². The van der Waals surface area contributed by atoms with Gasteiger partial charge in [-0.1, -0.05) is 48.5 Å². The fourth-order valence-corrected chi connectivity index (χ4v) is 4.32. The molecule has 0 unspecified atom stereocenters. The Bertz CT molecular complexity index is 723. The third-order valence-electron chi connectivity index (χ3n) is 5.58. The fraction of sp³-hybridized carbons (Fsp3) is 0.381. The van der Waals surface area contributed by atoms with Crippen LogP contribution in [0.25, 0.3) is 0 Å². The highest BCUT2D eigenvalue weighted by molar-refractivity contribution is 5.94. The first-order chi connectivity index (χ1) is 12.2. The van der Waals surface area contributed by atoms with E-state index in [-0.39, 0.29) is 12.1 Å². The smallest absolute Gasteiger partial charge is 0.247 e. The van der Waals surface area contributed by atoms with Gasteiger partial charge in [-0.25, -0.2) is 0 Å². The lowest BCUT2D eigenvalue weighted by molar-refractivity contribution is -0.125. The molecule has 2 fully saturated rings. The second-order valence-corrected chi connectivity index (χ2v) is 7.15. The van der Waals surface area contributed by atoms with Crippen molar-refractivity contribution in [3.05, 3.63) is 66.2 Å². The zero-order valence-electron chi connectivity index (χ0n) is 14.7. The van der Waals surface area contributed by atoms with Gasteiger partial charge in [-0.2, -0.15) is 0 Å². The van der Waals surface area contributed by atoms with Gasteiger partial charge in [0.25, 0.3) is 0 Å². The van der Waals surface area contributed by atoms with Gasteiger partial charge in [0.05, 0.1) is 6.17 Å². The van der Waals surface area contributed by atoms with Crippen LogP contribution in [0.1, 0.15) is 25.3 Å². The predicted octanol–water partition coefficient (Wildman–Crippen LogP) is 3.00. The molecule has 25 heavy (non-hydrogen) atoms. The van der Waals surface area contributed by atoms with Crippen LogP contribution in [0.15, 0.2) is 60.7 Å². The van der Waals surface area contributed by atoms with E-state index in [9.17, 15) is 4.79 Å². The highest BCUT2D eigenvalue weighted by atomic mass is 16.2. The molecule has 0 aromatic heterocycles. The van der Waals surface area contributed by atoms with Gasteiger partial charge >= 0.3 is 0 Å². The van der Waals surface area contributed by atoms with Gasteiger partial charge in [0.15, 0.2) is 0 Å². The Morgan fingerprint density at radius 1 is 1.00 bits per heavy atom. The lowest BCUT2D eigenvalue weighted by atomic mass is 9.85. The van der Waals surface area contributed by atoms with Crippen molar-refractivity contribution in [2.24, 2.45) is 0 Å². The summed E-state index contributed by atoms with van der Waals surface area (Å²) in [5.74, 6) is 0.184. The number of para-hydroxylation sites is 1. The Labute approximate surface area is 149 Å². The summed E-state index contributed by atoms with van der Waals surface area (Å²) in [4.78, 5) is 17.6. The lowest BCUT2D eigenvalue weighted by Gasteiger charge is -2.44. The normalized spacial score (nSPS) is 23.0. The zero-order valence-corrected chi connectivity index (χ0v) is 14.7. The highest BCUT2D eigenvalue weighted by Crippen LogP contribution is 2.38. The molecule has 2 aliphatic rings. The average Bonchev–Trinajstić information content (AvgIpc) is 2.88. The Kier molecular flexibility index (Phi) is 4.22.